The fraction of sp³-hybridized carbons (Fsp3) is 0.846. The fourth-order valence-electron chi connectivity index (χ4n) is 3.50. The Hall–Kier alpha value is -1.16. The topological polar surface area (TPSA) is 97.7 Å². The Morgan fingerprint density at radius 2 is 1.87 bits per heavy atom. The van der Waals surface area contributed by atoms with E-state index < -0.39 is 46.3 Å². The van der Waals surface area contributed by atoms with Gasteiger partial charge in [-0.1, -0.05) is 6.42 Å². The molecule has 10 heteroatoms. The molecule has 2 rings (SSSR count). The molecular weight excluding hydrogens is 341 g/mol. The molecule has 6 nitrogen and oxygen atoms in total. The van der Waals surface area contributed by atoms with Crippen LogP contribution in [-0.2, 0) is 24.4 Å². The lowest BCUT2D eigenvalue weighted by Gasteiger charge is -2.22. The summed E-state index contributed by atoms with van der Waals surface area (Å²) in [6.07, 6.45) is -5.50. The van der Waals surface area contributed by atoms with Crippen molar-refractivity contribution in [1.29, 1.82) is 0 Å². The quantitative estimate of drug-likeness (QED) is 0.441. The Labute approximate surface area is 131 Å². The highest BCUT2D eigenvalue weighted by molar-refractivity contribution is 7.85. The molecule has 2 aliphatic rings. The van der Waals surface area contributed by atoms with Gasteiger partial charge in [-0.15, -0.1) is 0 Å². The standard InChI is InChI=1S/C13H17F3O6S/c14-13(15,16)11(6-23(19,20)21)22-12(18)5-10(17)9-4-7-1-2-8(9)3-7/h7-9,11H,1-6H2,(H,19,20,21). The molecule has 2 fully saturated rings. The minimum atomic E-state index is -5.15. The smallest absolute Gasteiger partial charge is 0.426 e. The molecule has 0 heterocycles. The van der Waals surface area contributed by atoms with Crippen LogP contribution in [0.15, 0.2) is 0 Å². The van der Waals surface area contributed by atoms with E-state index in [2.05, 4.69) is 4.74 Å². The SMILES string of the molecule is O=C(CC(=O)C1CC2CCC1C2)OC(CS(=O)(=O)O)C(F)(F)F. The molecule has 132 valence electrons. The highest BCUT2D eigenvalue weighted by atomic mass is 32.2. The molecule has 23 heavy (non-hydrogen) atoms. The fourth-order valence-corrected chi connectivity index (χ4v) is 4.14. The van der Waals surface area contributed by atoms with Gasteiger partial charge in [-0.05, 0) is 31.1 Å². The first-order valence-corrected chi connectivity index (χ1v) is 8.80. The molecule has 4 unspecified atom stereocenters. The summed E-state index contributed by atoms with van der Waals surface area (Å²) in [6.45, 7) is 0. The predicted molar refractivity (Wildman–Crippen MR) is 70.9 cm³/mol. The number of alkyl halides is 3. The van der Waals surface area contributed by atoms with Gasteiger partial charge in [0.25, 0.3) is 10.1 Å². The highest BCUT2D eigenvalue weighted by Gasteiger charge is 2.47. The van der Waals surface area contributed by atoms with Gasteiger partial charge in [-0.3, -0.25) is 14.1 Å². The number of carbonyl (C=O) groups excluding carboxylic acids is 2. The predicted octanol–water partition coefficient (Wildman–Crippen LogP) is 1.74. The summed E-state index contributed by atoms with van der Waals surface area (Å²) >= 11 is 0. The monoisotopic (exact) mass is 358 g/mol. The molecule has 2 saturated carbocycles. The van der Waals surface area contributed by atoms with E-state index in [0.29, 0.717) is 12.3 Å². The molecule has 0 aliphatic heterocycles. The van der Waals surface area contributed by atoms with Gasteiger partial charge in [-0.2, -0.15) is 21.6 Å². The number of rotatable bonds is 6. The van der Waals surface area contributed by atoms with Gasteiger partial charge in [0.05, 0.1) is 0 Å². The highest BCUT2D eigenvalue weighted by Crippen LogP contribution is 2.48. The van der Waals surface area contributed by atoms with E-state index in [1.807, 2.05) is 0 Å². The molecule has 2 aliphatic carbocycles. The third-order valence-electron chi connectivity index (χ3n) is 4.47. The van der Waals surface area contributed by atoms with Crippen LogP contribution >= 0.6 is 0 Å². The van der Waals surface area contributed by atoms with Crippen LogP contribution in [0.1, 0.15) is 32.1 Å². The van der Waals surface area contributed by atoms with Gasteiger partial charge in [0.15, 0.2) is 0 Å². The second kappa shape index (κ2) is 6.39. The molecule has 4 atom stereocenters. The Kier molecular flexibility index (Phi) is 5.05. The Balaban J connectivity index is 1.92. The van der Waals surface area contributed by atoms with Crippen LogP contribution in [-0.4, -0.2) is 42.8 Å². The lowest BCUT2D eigenvalue weighted by atomic mass is 9.84. The normalized spacial score (nSPS) is 28.6. The van der Waals surface area contributed by atoms with Crippen LogP contribution in [0.3, 0.4) is 0 Å². The van der Waals surface area contributed by atoms with E-state index in [1.165, 1.54) is 0 Å². The van der Waals surface area contributed by atoms with Crippen molar-refractivity contribution in [2.45, 2.75) is 44.4 Å². The lowest BCUT2D eigenvalue weighted by Crippen LogP contribution is -2.40. The summed E-state index contributed by atoms with van der Waals surface area (Å²) in [5.41, 5.74) is 0. The van der Waals surface area contributed by atoms with Crippen molar-refractivity contribution in [3.8, 4) is 0 Å². The lowest BCUT2D eigenvalue weighted by molar-refractivity contribution is -0.215. The number of hydrogen-bond acceptors (Lipinski definition) is 5. The zero-order valence-electron chi connectivity index (χ0n) is 12.1. The van der Waals surface area contributed by atoms with E-state index in [-0.39, 0.29) is 11.8 Å². The van der Waals surface area contributed by atoms with Crippen LogP contribution in [0.5, 0.6) is 0 Å². The van der Waals surface area contributed by atoms with E-state index >= 15 is 0 Å². The Morgan fingerprint density at radius 3 is 2.30 bits per heavy atom. The van der Waals surface area contributed by atoms with E-state index in [4.69, 9.17) is 4.55 Å². The third kappa shape index (κ3) is 4.90. The maximum atomic E-state index is 12.6. The molecule has 0 saturated heterocycles. The van der Waals surface area contributed by atoms with Crippen LogP contribution in [0.4, 0.5) is 13.2 Å². The number of halogens is 3. The molecule has 0 aromatic rings. The minimum absolute atomic E-state index is 0.177. The number of Topliss-reactive ketones (excluding diaryl/α,β-unsaturated/α-hetero) is 1. The molecule has 2 bridgehead atoms. The molecule has 0 radical (unpaired) electrons. The molecule has 0 spiro atoms. The second-order valence-electron chi connectivity index (χ2n) is 6.19. The van der Waals surface area contributed by atoms with Crippen LogP contribution in [0.2, 0.25) is 0 Å². The average Bonchev–Trinajstić information content (AvgIpc) is 2.97. The number of fused-ring (bicyclic) bond motifs is 2. The first kappa shape index (κ1) is 18.2. The number of carbonyl (C=O) groups is 2. The van der Waals surface area contributed by atoms with Crippen molar-refractivity contribution in [2.24, 2.45) is 17.8 Å². The number of ketones is 1. The van der Waals surface area contributed by atoms with E-state index in [0.717, 1.165) is 19.3 Å². The van der Waals surface area contributed by atoms with Crippen molar-refractivity contribution in [1.82, 2.24) is 0 Å². The van der Waals surface area contributed by atoms with E-state index in [9.17, 15) is 31.2 Å². The number of esters is 1. The van der Waals surface area contributed by atoms with Gasteiger partial charge in [0.2, 0.25) is 6.10 Å². The third-order valence-corrected chi connectivity index (χ3v) is 5.19. The molecule has 0 aromatic carbocycles. The zero-order valence-corrected chi connectivity index (χ0v) is 12.9. The summed E-state index contributed by atoms with van der Waals surface area (Å²) in [7, 11) is -4.99. The first-order valence-electron chi connectivity index (χ1n) is 7.20. The first-order chi connectivity index (χ1) is 10.5. The molecule has 0 amide bonds. The van der Waals surface area contributed by atoms with Gasteiger partial charge in [0.1, 0.15) is 18.0 Å². The maximum absolute atomic E-state index is 12.6. The summed E-state index contributed by atoms with van der Waals surface area (Å²) < 4.78 is 71.7. The van der Waals surface area contributed by atoms with Crippen molar-refractivity contribution in [2.75, 3.05) is 5.75 Å². The van der Waals surface area contributed by atoms with Gasteiger partial charge >= 0.3 is 12.1 Å². The van der Waals surface area contributed by atoms with E-state index in [1.54, 1.807) is 0 Å². The molecular formula is C13H17F3O6S. The van der Waals surface area contributed by atoms with Crippen molar-refractivity contribution >= 4 is 21.9 Å². The van der Waals surface area contributed by atoms with Crippen molar-refractivity contribution < 1.29 is 40.5 Å². The maximum Gasteiger partial charge on any atom is 0.426 e. The van der Waals surface area contributed by atoms with Crippen LogP contribution < -0.4 is 0 Å². The van der Waals surface area contributed by atoms with Gasteiger partial charge in [-0.25, -0.2) is 0 Å². The summed E-state index contributed by atoms with van der Waals surface area (Å²) in [5, 5.41) is 0. The second-order valence-corrected chi connectivity index (χ2v) is 7.69. The summed E-state index contributed by atoms with van der Waals surface area (Å²) in [5.74, 6) is -3.39. The summed E-state index contributed by atoms with van der Waals surface area (Å²) in [6, 6.07) is 0. The van der Waals surface area contributed by atoms with Crippen LogP contribution in [0, 0.1) is 17.8 Å². The average molecular weight is 358 g/mol. The zero-order chi connectivity index (χ0) is 17.4. The van der Waals surface area contributed by atoms with Crippen molar-refractivity contribution in [3.05, 3.63) is 0 Å². The molecule has 0 aromatic heterocycles. The number of ether oxygens (including phenoxy) is 1. The Bertz CT molecular complexity index is 585. The largest absolute Gasteiger partial charge is 0.451 e. The van der Waals surface area contributed by atoms with Gasteiger partial charge in [0, 0.05) is 5.92 Å². The minimum Gasteiger partial charge on any atom is -0.451 e. The van der Waals surface area contributed by atoms with Gasteiger partial charge < -0.3 is 4.74 Å². The molecule has 1 N–H and O–H groups in total. The van der Waals surface area contributed by atoms with Crippen LogP contribution in [0.25, 0.3) is 0 Å². The van der Waals surface area contributed by atoms with Crippen molar-refractivity contribution in [3.63, 3.8) is 0 Å². The number of hydrogen-bond donors (Lipinski definition) is 1. The summed E-state index contributed by atoms with van der Waals surface area (Å²) in [4.78, 5) is 23.6. The Morgan fingerprint density at radius 1 is 1.22 bits per heavy atom.